The predicted molar refractivity (Wildman–Crippen MR) is 140 cm³/mol. The van der Waals surface area contributed by atoms with Crippen molar-refractivity contribution in [1.82, 2.24) is 10.2 Å². The Morgan fingerprint density at radius 3 is 2.24 bits per heavy atom. The lowest BCUT2D eigenvalue weighted by Crippen LogP contribution is -2.43. The lowest BCUT2D eigenvalue weighted by molar-refractivity contribution is -0.139. The zero-order valence-corrected chi connectivity index (χ0v) is 21.9. The van der Waals surface area contributed by atoms with Gasteiger partial charge in [-0.25, -0.2) is 13.6 Å². The molecule has 0 unspecified atom stereocenters. The molecule has 0 aliphatic rings. The number of ether oxygens (including phenoxy) is 2. The van der Waals surface area contributed by atoms with Gasteiger partial charge in [-0.05, 0) is 55.4 Å². The number of likely N-dealkylation sites (N-methyl/N-ethyl adjacent to an activating group) is 1. The molecule has 0 saturated carbocycles. The van der Waals surface area contributed by atoms with Crippen molar-refractivity contribution in [2.24, 2.45) is 0 Å². The van der Waals surface area contributed by atoms with Crippen LogP contribution in [0.15, 0.2) is 54.6 Å². The SMILES string of the molecule is COc1ccc(CCN(C)C)c(OC)c1Cc1cccc(C[C@H](NC(=O)c2c(F)cccc2F)C(=O)O)c1. The Morgan fingerprint density at radius 2 is 1.63 bits per heavy atom. The molecule has 1 atom stereocenters. The number of hydrogen-bond donors (Lipinski definition) is 2. The van der Waals surface area contributed by atoms with Crippen LogP contribution in [0, 0.1) is 11.6 Å². The van der Waals surface area contributed by atoms with Gasteiger partial charge in [0.2, 0.25) is 0 Å². The van der Waals surface area contributed by atoms with Gasteiger partial charge in [-0.3, -0.25) is 4.79 Å². The van der Waals surface area contributed by atoms with Gasteiger partial charge in [-0.1, -0.05) is 36.4 Å². The second-order valence-electron chi connectivity index (χ2n) is 9.15. The number of hydrogen-bond acceptors (Lipinski definition) is 5. The second kappa shape index (κ2) is 13.0. The summed E-state index contributed by atoms with van der Waals surface area (Å²) in [5.74, 6) is -3.18. The first kappa shape index (κ1) is 28.6. The van der Waals surface area contributed by atoms with Crippen molar-refractivity contribution >= 4 is 11.9 Å². The minimum Gasteiger partial charge on any atom is -0.496 e. The molecule has 0 aliphatic heterocycles. The quantitative estimate of drug-likeness (QED) is 0.370. The maximum Gasteiger partial charge on any atom is 0.326 e. The summed E-state index contributed by atoms with van der Waals surface area (Å²) in [6.45, 7) is 0.844. The Morgan fingerprint density at radius 1 is 0.974 bits per heavy atom. The highest BCUT2D eigenvalue weighted by Gasteiger charge is 2.25. The van der Waals surface area contributed by atoms with Crippen LogP contribution in [-0.2, 0) is 24.1 Å². The number of aliphatic carboxylic acids is 1. The van der Waals surface area contributed by atoms with E-state index in [-0.39, 0.29) is 6.42 Å². The van der Waals surface area contributed by atoms with Gasteiger partial charge in [0, 0.05) is 24.9 Å². The van der Waals surface area contributed by atoms with E-state index in [1.54, 1.807) is 26.4 Å². The molecule has 0 bridgehead atoms. The largest absolute Gasteiger partial charge is 0.496 e. The Hall–Kier alpha value is -3.98. The van der Waals surface area contributed by atoms with Crippen LogP contribution >= 0.6 is 0 Å². The van der Waals surface area contributed by atoms with Crippen molar-refractivity contribution in [3.05, 3.63) is 94.0 Å². The lowest BCUT2D eigenvalue weighted by atomic mass is 9.96. The molecule has 9 heteroatoms. The fraction of sp³-hybridized carbons (Fsp3) is 0.310. The molecular formula is C29H32F2N2O5. The van der Waals surface area contributed by atoms with Crippen LogP contribution in [0.4, 0.5) is 8.78 Å². The van der Waals surface area contributed by atoms with E-state index in [0.29, 0.717) is 17.7 Å². The first-order chi connectivity index (χ1) is 18.1. The highest BCUT2D eigenvalue weighted by atomic mass is 19.1. The number of nitrogens with one attached hydrogen (secondary N) is 1. The fourth-order valence-electron chi connectivity index (χ4n) is 4.26. The van der Waals surface area contributed by atoms with Gasteiger partial charge < -0.3 is 24.8 Å². The maximum atomic E-state index is 14.0. The zero-order chi connectivity index (χ0) is 27.8. The molecule has 0 heterocycles. The second-order valence-corrected chi connectivity index (χ2v) is 9.15. The molecule has 0 radical (unpaired) electrons. The van der Waals surface area contributed by atoms with Crippen LogP contribution in [0.5, 0.6) is 11.5 Å². The Kier molecular flexibility index (Phi) is 9.78. The van der Waals surface area contributed by atoms with Gasteiger partial charge in [0.1, 0.15) is 34.7 Å². The van der Waals surface area contributed by atoms with Crippen molar-refractivity contribution in [2.45, 2.75) is 25.3 Å². The molecule has 2 N–H and O–H groups in total. The normalized spacial score (nSPS) is 11.8. The molecule has 1 amide bonds. The number of amides is 1. The molecule has 38 heavy (non-hydrogen) atoms. The molecule has 3 rings (SSSR count). The van der Waals surface area contributed by atoms with Crippen molar-refractivity contribution in [3.8, 4) is 11.5 Å². The molecular weight excluding hydrogens is 494 g/mol. The number of carboxylic acid groups (broad SMARTS) is 1. The van der Waals surface area contributed by atoms with E-state index in [9.17, 15) is 23.5 Å². The van der Waals surface area contributed by atoms with Crippen LogP contribution in [0.2, 0.25) is 0 Å². The van der Waals surface area contributed by atoms with E-state index in [1.165, 1.54) is 0 Å². The number of carbonyl (C=O) groups excluding carboxylic acids is 1. The van der Waals surface area contributed by atoms with Gasteiger partial charge in [0.15, 0.2) is 0 Å². The summed E-state index contributed by atoms with van der Waals surface area (Å²) in [6, 6.07) is 12.8. The summed E-state index contributed by atoms with van der Waals surface area (Å²) in [7, 11) is 7.21. The molecule has 0 spiro atoms. The number of methoxy groups -OCH3 is 2. The number of carbonyl (C=O) groups is 2. The molecule has 3 aromatic rings. The zero-order valence-electron chi connectivity index (χ0n) is 21.9. The predicted octanol–water partition coefficient (Wildman–Crippen LogP) is 4.10. The van der Waals surface area contributed by atoms with Crippen molar-refractivity contribution in [3.63, 3.8) is 0 Å². The van der Waals surface area contributed by atoms with Crippen LogP contribution in [-0.4, -0.2) is 62.8 Å². The molecule has 202 valence electrons. The van der Waals surface area contributed by atoms with E-state index in [2.05, 4.69) is 10.2 Å². The van der Waals surface area contributed by atoms with Crippen LogP contribution in [0.1, 0.15) is 32.6 Å². The van der Waals surface area contributed by atoms with E-state index >= 15 is 0 Å². The van der Waals surface area contributed by atoms with E-state index in [0.717, 1.165) is 53.6 Å². The van der Waals surface area contributed by atoms with Crippen molar-refractivity contribution in [2.75, 3.05) is 34.9 Å². The summed E-state index contributed by atoms with van der Waals surface area (Å²) in [5, 5.41) is 11.9. The van der Waals surface area contributed by atoms with Crippen LogP contribution in [0.25, 0.3) is 0 Å². The van der Waals surface area contributed by atoms with Gasteiger partial charge >= 0.3 is 5.97 Å². The van der Waals surface area contributed by atoms with E-state index in [4.69, 9.17) is 9.47 Å². The Bertz CT molecular complexity index is 1280. The number of nitrogens with zero attached hydrogens (tertiary/aromatic N) is 1. The third kappa shape index (κ3) is 7.07. The average molecular weight is 527 g/mol. The molecule has 7 nitrogen and oxygen atoms in total. The minimum absolute atomic E-state index is 0.0812. The number of rotatable bonds is 12. The molecule has 0 fully saturated rings. The highest BCUT2D eigenvalue weighted by Crippen LogP contribution is 2.34. The highest BCUT2D eigenvalue weighted by molar-refractivity contribution is 5.97. The van der Waals surface area contributed by atoms with Gasteiger partial charge in [0.05, 0.1) is 14.2 Å². The van der Waals surface area contributed by atoms with E-state index in [1.807, 2.05) is 38.4 Å². The summed E-state index contributed by atoms with van der Waals surface area (Å²) < 4.78 is 39.4. The Balaban J connectivity index is 1.84. The lowest BCUT2D eigenvalue weighted by Gasteiger charge is -2.19. The first-order valence-electron chi connectivity index (χ1n) is 12.1. The first-order valence-corrected chi connectivity index (χ1v) is 12.1. The third-order valence-electron chi connectivity index (χ3n) is 6.16. The summed E-state index contributed by atoms with van der Waals surface area (Å²) >= 11 is 0. The number of halogens is 2. The van der Waals surface area contributed by atoms with Crippen molar-refractivity contribution < 1.29 is 33.0 Å². The molecule has 3 aromatic carbocycles. The van der Waals surface area contributed by atoms with Gasteiger partial charge in [-0.2, -0.15) is 0 Å². The molecule has 0 saturated heterocycles. The molecule has 0 aromatic heterocycles. The summed E-state index contributed by atoms with van der Waals surface area (Å²) in [5.41, 5.74) is 2.59. The average Bonchev–Trinajstić information content (AvgIpc) is 2.87. The Labute approximate surface area is 221 Å². The minimum atomic E-state index is -1.39. The number of benzene rings is 3. The number of carboxylic acids is 1. The monoisotopic (exact) mass is 526 g/mol. The third-order valence-corrected chi connectivity index (χ3v) is 6.16. The topological polar surface area (TPSA) is 88.1 Å². The van der Waals surface area contributed by atoms with E-state index < -0.39 is 35.1 Å². The summed E-state index contributed by atoms with van der Waals surface area (Å²) in [6.07, 6.45) is 1.17. The fourth-order valence-corrected chi connectivity index (χ4v) is 4.26. The smallest absolute Gasteiger partial charge is 0.326 e. The maximum absolute atomic E-state index is 14.0. The van der Waals surface area contributed by atoms with Crippen LogP contribution < -0.4 is 14.8 Å². The standard InChI is InChI=1S/C29H32F2N2O5/c1-33(2)14-13-20-11-12-25(37-3)21(27(20)38-4)16-18-7-5-8-19(15-18)17-24(29(35)36)32-28(34)26-22(30)9-6-10-23(26)31/h5-12,15,24H,13-14,16-17H2,1-4H3,(H,32,34)(H,35,36)/t24-/m0/s1. The van der Waals surface area contributed by atoms with Crippen LogP contribution in [0.3, 0.4) is 0 Å². The molecule has 0 aliphatic carbocycles. The van der Waals surface area contributed by atoms with Gasteiger partial charge in [-0.15, -0.1) is 0 Å². The summed E-state index contributed by atoms with van der Waals surface area (Å²) in [4.78, 5) is 26.5. The van der Waals surface area contributed by atoms with Crippen molar-refractivity contribution in [1.29, 1.82) is 0 Å². The van der Waals surface area contributed by atoms with Gasteiger partial charge in [0.25, 0.3) is 5.91 Å².